The Morgan fingerprint density at radius 1 is 1.12 bits per heavy atom. The minimum Gasteiger partial charge on any atom is -0.488 e. The van der Waals surface area contributed by atoms with Crippen molar-refractivity contribution in [3.8, 4) is 5.75 Å². The molecule has 1 heterocycles. The molecule has 0 spiro atoms. The number of para-hydroxylation sites is 1. The van der Waals surface area contributed by atoms with E-state index in [-0.39, 0.29) is 23.9 Å². The summed E-state index contributed by atoms with van der Waals surface area (Å²) in [6.45, 7) is 2.12. The summed E-state index contributed by atoms with van der Waals surface area (Å²) < 4.78 is 12.4. The molecule has 0 amide bonds. The second kappa shape index (κ2) is 9.31. The summed E-state index contributed by atoms with van der Waals surface area (Å²) in [7, 11) is 0. The second-order valence-corrected chi connectivity index (χ2v) is 8.22. The third-order valence-corrected chi connectivity index (χ3v) is 5.96. The number of aryl methyl sites for hydroxylation is 1. The van der Waals surface area contributed by atoms with Crippen LogP contribution in [-0.2, 0) is 16.1 Å². The number of nitro groups is 1. The number of rotatable bonds is 6. The fraction of sp³-hybridized carbons (Fsp3) is 0.0833. The van der Waals surface area contributed by atoms with Gasteiger partial charge in [0.25, 0.3) is 5.69 Å². The molecule has 3 aromatic carbocycles. The van der Waals surface area contributed by atoms with E-state index in [2.05, 4.69) is 27.6 Å². The van der Waals surface area contributed by atoms with Crippen LogP contribution in [0.25, 0.3) is 6.08 Å². The highest BCUT2D eigenvalue weighted by atomic mass is 127. The third-order valence-electron chi connectivity index (χ3n) is 4.75. The number of non-ortho nitro benzene ring substituents is 1. The van der Waals surface area contributed by atoms with E-state index < -0.39 is 10.9 Å². The zero-order chi connectivity index (χ0) is 22.7. The molecule has 160 valence electrons. The molecule has 0 aromatic heterocycles. The minimum absolute atomic E-state index is 0.00269. The van der Waals surface area contributed by atoms with E-state index in [1.807, 2.05) is 31.2 Å². The van der Waals surface area contributed by atoms with Crippen molar-refractivity contribution in [1.82, 2.24) is 0 Å². The van der Waals surface area contributed by atoms with Gasteiger partial charge in [-0.15, -0.1) is 0 Å². The van der Waals surface area contributed by atoms with Crippen LogP contribution in [0.2, 0.25) is 0 Å². The smallest absolute Gasteiger partial charge is 0.363 e. The predicted octanol–water partition coefficient (Wildman–Crippen LogP) is 5.43. The summed E-state index contributed by atoms with van der Waals surface area (Å²) in [6, 6.07) is 19.2. The highest BCUT2D eigenvalue weighted by molar-refractivity contribution is 14.1. The predicted molar refractivity (Wildman–Crippen MR) is 128 cm³/mol. The quantitative estimate of drug-likeness (QED) is 0.137. The number of halogens is 1. The van der Waals surface area contributed by atoms with Crippen LogP contribution in [-0.4, -0.2) is 16.8 Å². The van der Waals surface area contributed by atoms with Crippen molar-refractivity contribution in [2.45, 2.75) is 13.5 Å². The Labute approximate surface area is 197 Å². The maximum atomic E-state index is 12.4. The number of carbonyl (C=O) groups is 1. The molecule has 0 aliphatic carbocycles. The topological polar surface area (TPSA) is 91.0 Å². The van der Waals surface area contributed by atoms with E-state index >= 15 is 0 Å². The zero-order valence-corrected chi connectivity index (χ0v) is 19.1. The second-order valence-electron chi connectivity index (χ2n) is 7.05. The largest absolute Gasteiger partial charge is 0.488 e. The highest BCUT2D eigenvalue weighted by Gasteiger charge is 2.24. The number of nitro benzene ring substituents is 1. The number of benzene rings is 3. The summed E-state index contributed by atoms with van der Waals surface area (Å²) in [5.74, 6) is 0.244. The fourth-order valence-corrected chi connectivity index (χ4v) is 3.45. The molecule has 1 aliphatic heterocycles. The molecule has 0 saturated heterocycles. The summed E-state index contributed by atoms with van der Waals surface area (Å²) in [5, 5.41) is 11.0. The van der Waals surface area contributed by atoms with Crippen LogP contribution in [0.1, 0.15) is 22.3 Å². The SMILES string of the molecule is Cc1cc(C2=N/C(=C\c3ccccc3OCc3cccc([N+](=O)[O-])c3)C(=O)O2)ccc1I. The molecular weight excluding hydrogens is 523 g/mol. The van der Waals surface area contributed by atoms with Crippen molar-refractivity contribution in [2.24, 2.45) is 4.99 Å². The van der Waals surface area contributed by atoms with Gasteiger partial charge in [0.15, 0.2) is 5.70 Å². The molecule has 0 bridgehead atoms. The lowest BCUT2D eigenvalue weighted by molar-refractivity contribution is -0.384. The Hall–Kier alpha value is -3.53. The number of hydrogen-bond donors (Lipinski definition) is 0. The van der Waals surface area contributed by atoms with Gasteiger partial charge in [-0.3, -0.25) is 10.1 Å². The Morgan fingerprint density at radius 2 is 1.94 bits per heavy atom. The number of aliphatic imine (C=N–C) groups is 1. The first kappa shape index (κ1) is 21.7. The molecule has 0 N–H and O–H groups in total. The van der Waals surface area contributed by atoms with Gasteiger partial charge in [-0.05, 0) is 71.0 Å². The number of nitrogens with zero attached hydrogens (tertiary/aromatic N) is 2. The van der Waals surface area contributed by atoms with E-state index in [0.717, 1.165) is 14.7 Å². The molecule has 0 saturated carbocycles. The van der Waals surface area contributed by atoms with Gasteiger partial charge in [-0.1, -0.05) is 30.3 Å². The molecule has 0 unspecified atom stereocenters. The molecule has 0 fully saturated rings. The third kappa shape index (κ3) is 4.86. The molecule has 1 aliphatic rings. The van der Waals surface area contributed by atoms with Crippen LogP contribution >= 0.6 is 22.6 Å². The van der Waals surface area contributed by atoms with Gasteiger partial charge in [-0.2, -0.15) is 0 Å². The van der Waals surface area contributed by atoms with Gasteiger partial charge in [0.05, 0.1) is 4.92 Å². The summed E-state index contributed by atoms with van der Waals surface area (Å²) in [4.78, 5) is 27.3. The van der Waals surface area contributed by atoms with Crippen LogP contribution in [0.15, 0.2) is 77.4 Å². The number of cyclic esters (lactones) is 1. The van der Waals surface area contributed by atoms with Crippen molar-refractivity contribution >= 4 is 46.2 Å². The molecule has 7 nitrogen and oxygen atoms in total. The van der Waals surface area contributed by atoms with E-state index in [0.29, 0.717) is 16.9 Å². The van der Waals surface area contributed by atoms with Gasteiger partial charge in [-0.25, -0.2) is 9.79 Å². The normalized spacial score (nSPS) is 14.2. The van der Waals surface area contributed by atoms with E-state index in [4.69, 9.17) is 9.47 Å². The minimum atomic E-state index is -0.537. The number of esters is 1. The molecule has 3 aromatic rings. The number of carbonyl (C=O) groups excluding carboxylic acids is 1. The first-order valence-corrected chi connectivity index (χ1v) is 10.7. The van der Waals surface area contributed by atoms with Crippen LogP contribution < -0.4 is 4.74 Å². The lowest BCUT2D eigenvalue weighted by Gasteiger charge is -2.09. The molecule has 4 rings (SSSR count). The van der Waals surface area contributed by atoms with Gasteiger partial charge in [0.2, 0.25) is 5.90 Å². The zero-order valence-electron chi connectivity index (χ0n) is 16.9. The average Bonchev–Trinajstić information content (AvgIpc) is 3.15. The molecular formula is C24H17IN2O5. The molecule has 0 atom stereocenters. The van der Waals surface area contributed by atoms with E-state index in [9.17, 15) is 14.9 Å². The van der Waals surface area contributed by atoms with Crippen LogP contribution in [0.5, 0.6) is 5.75 Å². The standard InChI is InChI=1S/C24H17IN2O5/c1-15-11-18(9-10-20(15)25)23-26-21(24(28)32-23)13-17-6-2-3-8-22(17)31-14-16-5-4-7-19(12-16)27(29)30/h2-13H,14H2,1H3/b21-13-. The van der Waals surface area contributed by atoms with Crippen molar-refractivity contribution < 1.29 is 19.2 Å². The van der Waals surface area contributed by atoms with Crippen molar-refractivity contribution in [3.05, 3.63) is 108 Å². The Kier molecular flexibility index (Phi) is 6.31. The molecule has 32 heavy (non-hydrogen) atoms. The summed E-state index contributed by atoms with van der Waals surface area (Å²) in [6.07, 6.45) is 1.61. The first-order valence-electron chi connectivity index (χ1n) is 9.65. The monoisotopic (exact) mass is 540 g/mol. The highest BCUT2D eigenvalue weighted by Crippen LogP contribution is 2.26. The Morgan fingerprint density at radius 3 is 2.72 bits per heavy atom. The van der Waals surface area contributed by atoms with Crippen molar-refractivity contribution in [2.75, 3.05) is 0 Å². The maximum Gasteiger partial charge on any atom is 0.363 e. The van der Waals surface area contributed by atoms with Gasteiger partial charge >= 0.3 is 5.97 Å². The molecule has 0 radical (unpaired) electrons. The van der Waals surface area contributed by atoms with Gasteiger partial charge in [0.1, 0.15) is 12.4 Å². The van der Waals surface area contributed by atoms with Gasteiger partial charge in [0, 0.05) is 26.8 Å². The Bertz CT molecular complexity index is 1280. The summed E-state index contributed by atoms with van der Waals surface area (Å²) in [5.41, 5.74) is 3.28. The molecule has 8 heteroatoms. The van der Waals surface area contributed by atoms with Crippen LogP contribution in [0, 0.1) is 20.6 Å². The summed E-state index contributed by atoms with van der Waals surface area (Å²) >= 11 is 2.24. The first-order chi connectivity index (χ1) is 15.4. The average molecular weight is 540 g/mol. The van der Waals surface area contributed by atoms with Crippen LogP contribution in [0.3, 0.4) is 0 Å². The van der Waals surface area contributed by atoms with E-state index in [1.54, 1.807) is 36.4 Å². The lowest BCUT2D eigenvalue weighted by atomic mass is 10.1. The fourth-order valence-electron chi connectivity index (χ4n) is 3.11. The van der Waals surface area contributed by atoms with E-state index in [1.165, 1.54) is 12.1 Å². The maximum absolute atomic E-state index is 12.4. The number of ether oxygens (including phenoxy) is 2. The number of hydrogen-bond acceptors (Lipinski definition) is 6. The van der Waals surface area contributed by atoms with Crippen LogP contribution in [0.4, 0.5) is 5.69 Å². The van der Waals surface area contributed by atoms with Crippen molar-refractivity contribution in [3.63, 3.8) is 0 Å². The van der Waals surface area contributed by atoms with Gasteiger partial charge < -0.3 is 9.47 Å². The lowest BCUT2D eigenvalue weighted by Crippen LogP contribution is -2.05. The van der Waals surface area contributed by atoms with Crippen molar-refractivity contribution in [1.29, 1.82) is 0 Å². The Balaban J connectivity index is 1.57.